The highest BCUT2D eigenvalue weighted by atomic mass is 19.4. The molecule has 0 radical (unpaired) electrons. The fourth-order valence-corrected chi connectivity index (χ4v) is 4.91. The third-order valence-electron chi connectivity index (χ3n) is 7.02. The summed E-state index contributed by atoms with van der Waals surface area (Å²) < 4.78 is 48.4. The molecule has 4 nitrogen and oxygen atoms in total. The first-order valence-electron chi connectivity index (χ1n) is 11.4. The number of aliphatic carboxylic acids is 1. The van der Waals surface area contributed by atoms with E-state index in [1.165, 1.54) is 6.07 Å². The topological polar surface area (TPSA) is 58.6 Å². The lowest BCUT2D eigenvalue weighted by atomic mass is 9.80. The molecule has 2 fully saturated rings. The molecule has 2 N–H and O–H groups in total. The highest BCUT2D eigenvalue weighted by molar-refractivity contribution is 5.89. The van der Waals surface area contributed by atoms with E-state index in [0.29, 0.717) is 24.1 Å². The van der Waals surface area contributed by atoms with Crippen molar-refractivity contribution >= 4 is 16.7 Å². The highest BCUT2D eigenvalue weighted by Crippen LogP contribution is 2.43. The average molecular weight is 450 g/mol. The molecular weight excluding hydrogens is 419 g/mol. The van der Waals surface area contributed by atoms with Gasteiger partial charge in [0.25, 0.3) is 0 Å². The van der Waals surface area contributed by atoms with Gasteiger partial charge in [-0.05, 0) is 79.8 Å². The maximum absolute atomic E-state index is 14.2. The van der Waals surface area contributed by atoms with E-state index in [2.05, 4.69) is 12.2 Å². The smallest absolute Gasteiger partial charge is 0.420 e. The number of hydrogen-bond acceptors (Lipinski definition) is 3. The Balaban J connectivity index is 1.60. The fourth-order valence-electron chi connectivity index (χ4n) is 4.91. The molecule has 174 valence electrons. The molecule has 2 saturated carbocycles. The van der Waals surface area contributed by atoms with E-state index in [1.54, 1.807) is 18.2 Å². The van der Waals surface area contributed by atoms with Crippen LogP contribution in [0.2, 0.25) is 0 Å². The van der Waals surface area contributed by atoms with Crippen molar-refractivity contribution in [2.75, 3.05) is 0 Å². The lowest BCUT2D eigenvalue weighted by Crippen LogP contribution is -2.45. The number of carbonyl (C=O) groups is 1. The van der Waals surface area contributed by atoms with Gasteiger partial charge in [0.1, 0.15) is 11.3 Å². The van der Waals surface area contributed by atoms with Crippen molar-refractivity contribution in [3.63, 3.8) is 0 Å². The largest absolute Gasteiger partial charge is 0.490 e. The molecular formula is C25H30F3NO3. The first-order valence-corrected chi connectivity index (χ1v) is 11.4. The summed E-state index contributed by atoms with van der Waals surface area (Å²) in [7, 11) is 0. The van der Waals surface area contributed by atoms with Gasteiger partial charge in [0.05, 0.1) is 12.0 Å². The second kappa shape index (κ2) is 8.93. The first-order chi connectivity index (χ1) is 15.1. The minimum Gasteiger partial charge on any atom is -0.490 e. The van der Waals surface area contributed by atoms with Crippen LogP contribution in [0.3, 0.4) is 0 Å². The van der Waals surface area contributed by atoms with Crippen LogP contribution in [-0.2, 0) is 11.0 Å². The molecule has 0 aliphatic heterocycles. The lowest BCUT2D eigenvalue weighted by molar-refractivity contribution is -0.145. The minimum absolute atomic E-state index is 0.0623. The van der Waals surface area contributed by atoms with Crippen LogP contribution < -0.4 is 10.1 Å². The number of fused-ring (bicyclic) bond motifs is 1. The van der Waals surface area contributed by atoms with Crippen LogP contribution in [0.1, 0.15) is 69.5 Å². The Morgan fingerprint density at radius 1 is 1.12 bits per heavy atom. The van der Waals surface area contributed by atoms with Crippen molar-refractivity contribution in [3.8, 4) is 5.75 Å². The van der Waals surface area contributed by atoms with E-state index in [9.17, 15) is 18.0 Å². The standard InChI is InChI=1S/C25H30F3NO3/c1-14-3-8-20(9-4-14)32-22-10-7-16-5-6-17(13-21(16)23(22)25(26,27)28)15(2)29-19-11-18(12-19)24(30)31/h5-7,10,13-15,18-20,29H,3-4,8-9,11-12H2,1-2H3,(H,30,31)/t14-,15?,18-,19+,20+. The zero-order valence-electron chi connectivity index (χ0n) is 18.4. The van der Waals surface area contributed by atoms with Gasteiger partial charge < -0.3 is 15.2 Å². The molecule has 0 aromatic heterocycles. The second-order valence-electron chi connectivity index (χ2n) is 9.51. The summed E-state index contributed by atoms with van der Waals surface area (Å²) in [5.74, 6) is -0.635. The van der Waals surface area contributed by atoms with Gasteiger partial charge in [-0.3, -0.25) is 4.79 Å². The molecule has 0 amide bonds. The molecule has 1 atom stereocenters. The predicted octanol–water partition coefficient (Wildman–Crippen LogP) is 6.33. The summed E-state index contributed by atoms with van der Waals surface area (Å²) in [4.78, 5) is 11.0. The molecule has 0 bridgehead atoms. The van der Waals surface area contributed by atoms with Crippen LogP contribution in [-0.4, -0.2) is 23.2 Å². The number of carboxylic acid groups (broad SMARTS) is 1. The van der Waals surface area contributed by atoms with E-state index in [4.69, 9.17) is 9.84 Å². The Bertz CT molecular complexity index is 976. The first kappa shape index (κ1) is 22.9. The van der Waals surface area contributed by atoms with Gasteiger partial charge in [-0.15, -0.1) is 0 Å². The van der Waals surface area contributed by atoms with Crippen LogP contribution >= 0.6 is 0 Å². The predicted molar refractivity (Wildman–Crippen MR) is 117 cm³/mol. The molecule has 0 saturated heterocycles. The Labute approximate surface area is 186 Å². The summed E-state index contributed by atoms with van der Waals surface area (Å²) in [6.45, 7) is 4.06. The maximum Gasteiger partial charge on any atom is 0.420 e. The van der Waals surface area contributed by atoms with Gasteiger partial charge in [0.2, 0.25) is 0 Å². The summed E-state index contributed by atoms with van der Waals surface area (Å²) in [5, 5.41) is 13.0. The summed E-state index contributed by atoms with van der Waals surface area (Å²) in [6, 6.07) is 8.15. The Kier molecular flexibility index (Phi) is 6.39. The van der Waals surface area contributed by atoms with Crippen LogP contribution in [0, 0.1) is 11.8 Å². The summed E-state index contributed by atoms with van der Waals surface area (Å²) in [5.41, 5.74) is 0.0303. The third-order valence-corrected chi connectivity index (χ3v) is 7.02. The molecule has 1 unspecified atom stereocenters. The number of halogens is 3. The normalized spacial score (nSPS) is 27.0. The van der Waals surface area contributed by atoms with E-state index < -0.39 is 17.7 Å². The fraction of sp³-hybridized carbons (Fsp3) is 0.560. The lowest BCUT2D eigenvalue weighted by Gasteiger charge is -2.35. The van der Waals surface area contributed by atoms with Gasteiger partial charge in [-0.1, -0.05) is 25.1 Å². The zero-order chi connectivity index (χ0) is 23.0. The number of benzene rings is 2. The molecule has 2 aromatic rings. The van der Waals surface area contributed by atoms with E-state index in [-0.39, 0.29) is 35.2 Å². The SMILES string of the molecule is CC(N[C@H]1C[C@@H](C(=O)O)C1)c1ccc2ccc(O[C@H]3CC[C@@H](C)CC3)c(C(F)(F)F)c2c1. The zero-order valence-corrected chi connectivity index (χ0v) is 18.4. The van der Waals surface area contributed by atoms with E-state index in [0.717, 1.165) is 31.2 Å². The maximum atomic E-state index is 14.2. The number of ether oxygens (including phenoxy) is 1. The number of rotatable bonds is 6. The molecule has 2 aliphatic rings. The molecule has 0 heterocycles. The van der Waals surface area contributed by atoms with Gasteiger partial charge in [0.15, 0.2) is 0 Å². The Morgan fingerprint density at radius 2 is 1.78 bits per heavy atom. The van der Waals surface area contributed by atoms with Crippen molar-refractivity contribution in [1.82, 2.24) is 5.32 Å². The minimum atomic E-state index is -4.53. The van der Waals surface area contributed by atoms with Gasteiger partial charge >= 0.3 is 12.1 Å². The van der Waals surface area contributed by atoms with Crippen LogP contribution in [0.15, 0.2) is 30.3 Å². The quantitative estimate of drug-likeness (QED) is 0.541. The summed E-state index contributed by atoms with van der Waals surface area (Å²) >= 11 is 0. The van der Waals surface area contributed by atoms with Crippen LogP contribution in [0.5, 0.6) is 5.75 Å². The molecule has 7 heteroatoms. The van der Waals surface area contributed by atoms with Gasteiger partial charge in [-0.25, -0.2) is 0 Å². The molecule has 4 rings (SSSR count). The van der Waals surface area contributed by atoms with Gasteiger partial charge in [-0.2, -0.15) is 13.2 Å². The van der Waals surface area contributed by atoms with E-state index in [1.807, 2.05) is 13.0 Å². The van der Waals surface area contributed by atoms with Crippen molar-refractivity contribution in [1.29, 1.82) is 0 Å². The summed E-state index contributed by atoms with van der Waals surface area (Å²) in [6.07, 6.45) is -0.151. The Morgan fingerprint density at radius 3 is 2.41 bits per heavy atom. The van der Waals surface area contributed by atoms with Crippen molar-refractivity contribution in [2.45, 2.75) is 76.7 Å². The van der Waals surface area contributed by atoms with Crippen molar-refractivity contribution in [2.24, 2.45) is 11.8 Å². The van der Waals surface area contributed by atoms with Crippen LogP contribution in [0.4, 0.5) is 13.2 Å². The molecule has 2 aromatic carbocycles. The van der Waals surface area contributed by atoms with Crippen LogP contribution in [0.25, 0.3) is 10.8 Å². The van der Waals surface area contributed by atoms with Gasteiger partial charge in [0, 0.05) is 12.1 Å². The number of alkyl halides is 3. The third kappa shape index (κ3) is 4.87. The van der Waals surface area contributed by atoms with Crippen molar-refractivity contribution < 1.29 is 27.8 Å². The second-order valence-corrected chi connectivity index (χ2v) is 9.51. The molecule has 0 spiro atoms. The Hall–Kier alpha value is -2.28. The number of carboxylic acids is 1. The van der Waals surface area contributed by atoms with Crippen molar-refractivity contribution in [3.05, 3.63) is 41.5 Å². The number of hydrogen-bond donors (Lipinski definition) is 2. The average Bonchev–Trinajstić information content (AvgIpc) is 2.70. The number of nitrogens with one attached hydrogen (secondary N) is 1. The molecule has 2 aliphatic carbocycles. The monoisotopic (exact) mass is 449 g/mol. The molecule has 32 heavy (non-hydrogen) atoms. The highest BCUT2D eigenvalue weighted by Gasteiger charge is 2.38. The van der Waals surface area contributed by atoms with E-state index >= 15 is 0 Å².